The maximum Gasteiger partial charge on any atom is 0.318 e. The van der Waals surface area contributed by atoms with E-state index in [0.29, 0.717) is 12.4 Å². The molecule has 0 aliphatic carbocycles. The number of ether oxygens (including phenoxy) is 2. The second-order valence-corrected chi connectivity index (χ2v) is 4.53. The number of rotatable bonds is 6. The molecule has 0 amide bonds. The summed E-state index contributed by atoms with van der Waals surface area (Å²) in [6.07, 6.45) is 0. The molecule has 5 heteroatoms. The summed E-state index contributed by atoms with van der Waals surface area (Å²) in [5, 5.41) is -0.239. The highest BCUT2D eigenvalue weighted by atomic mass is 32.2. The second kappa shape index (κ2) is 7.56. The van der Waals surface area contributed by atoms with Gasteiger partial charge in [-0.15, -0.1) is 11.8 Å². The average Bonchev–Trinajstić information content (AvgIpc) is 2.24. The van der Waals surface area contributed by atoms with Crippen molar-refractivity contribution in [3.8, 4) is 0 Å². The Morgan fingerprint density at radius 1 is 1.27 bits per heavy atom. The highest BCUT2D eigenvalue weighted by Gasteiger charge is 2.19. The highest BCUT2D eigenvalue weighted by molar-refractivity contribution is 8.00. The zero-order valence-electron chi connectivity index (χ0n) is 9.61. The minimum atomic E-state index is -0.251. The Hall–Kier alpha value is -0.710. The summed E-state index contributed by atoms with van der Waals surface area (Å²) in [5.74, 6) is -0.123. The van der Waals surface area contributed by atoms with Crippen LogP contribution in [0.25, 0.3) is 0 Å². The molecule has 0 N–H and O–H groups in total. The quantitative estimate of drug-likeness (QED) is 0.652. The molecule has 0 radical (unpaired) electrons. The van der Waals surface area contributed by atoms with Crippen LogP contribution in [0.15, 0.2) is 0 Å². The Kier molecular flexibility index (Phi) is 7.21. The Labute approximate surface area is 94.7 Å². The molecule has 0 aromatic rings. The normalized spacial score (nSPS) is 14.1. The van der Waals surface area contributed by atoms with Crippen LogP contribution in [-0.2, 0) is 19.1 Å². The van der Waals surface area contributed by atoms with Crippen molar-refractivity contribution in [3.05, 3.63) is 0 Å². The SMILES string of the molecule is CCOC(=O)C(C)SCC(C)C(=O)OC. The second-order valence-electron chi connectivity index (χ2n) is 3.15. The van der Waals surface area contributed by atoms with Gasteiger partial charge < -0.3 is 9.47 Å². The summed E-state index contributed by atoms with van der Waals surface area (Å²) in [5.41, 5.74) is 0. The molecule has 0 rings (SSSR count). The standard InChI is InChI=1S/C10H18O4S/c1-5-14-10(12)8(3)15-6-7(2)9(11)13-4/h7-8H,5-6H2,1-4H3. The van der Waals surface area contributed by atoms with Gasteiger partial charge in [-0.3, -0.25) is 9.59 Å². The molecule has 15 heavy (non-hydrogen) atoms. The van der Waals surface area contributed by atoms with Crippen molar-refractivity contribution in [2.24, 2.45) is 5.92 Å². The van der Waals surface area contributed by atoms with Crippen LogP contribution in [-0.4, -0.2) is 36.7 Å². The fourth-order valence-electron chi connectivity index (χ4n) is 0.886. The van der Waals surface area contributed by atoms with E-state index in [0.717, 1.165) is 0 Å². The van der Waals surface area contributed by atoms with Crippen molar-refractivity contribution in [3.63, 3.8) is 0 Å². The molecular weight excluding hydrogens is 216 g/mol. The van der Waals surface area contributed by atoms with Gasteiger partial charge >= 0.3 is 11.9 Å². The van der Waals surface area contributed by atoms with Gasteiger partial charge in [0.05, 0.1) is 24.9 Å². The average molecular weight is 234 g/mol. The van der Waals surface area contributed by atoms with Crippen LogP contribution in [0.4, 0.5) is 0 Å². The number of methoxy groups -OCH3 is 1. The number of hydrogen-bond acceptors (Lipinski definition) is 5. The minimum Gasteiger partial charge on any atom is -0.469 e. The first-order chi connectivity index (χ1) is 7.02. The lowest BCUT2D eigenvalue weighted by molar-refractivity contribution is -0.144. The molecule has 0 fully saturated rings. The summed E-state index contributed by atoms with van der Waals surface area (Å²) in [4.78, 5) is 22.3. The Morgan fingerprint density at radius 2 is 1.87 bits per heavy atom. The third kappa shape index (κ3) is 5.67. The molecule has 0 aliphatic heterocycles. The summed E-state index contributed by atoms with van der Waals surface area (Å²) >= 11 is 1.40. The van der Waals surface area contributed by atoms with Gasteiger partial charge in [0.25, 0.3) is 0 Å². The Bertz CT molecular complexity index is 217. The fraction of sp³-hybridized carbons (Fsp3) is 0.800. The molecule has 0 saturated heterocycles. The fourth-order valence-corrected chi connectivity index (χ4v) is 1.80. The third-order valence-electron chi connectivity index (χ3n) is 1.82. The molecular formula is C10H18O4S. The predicted octanol–water partition coefficient (Wildman–Crippen LogP) is 1.48. The van der Waals surface area contributed by atoms with Crippen LogP contribution in [0, 0.1) is 5.92 Å². The molecule has 88 valence electrons. The summed E-state index contributed by atoms with van der Waals surface area (Å²) in [7, 11) is 1.36. The van der Waals surface area contributed by atoms with E-state index in [-0.39, 0.29) is 23.1 Å². The van der Waals surface area contributed by atoms with Crippen LogP contribution in [0.3, 0.4) is 0 Å². The maximum atomic E-state index is 11.2. The van der Waals surface area contributed by atoms with E-state index in [9.17, 15) is 9.59 Å². The molecule has 0 bridgehead atoms. The van der Waals surface area contributed by atoms with Crippen molar-refractivity contribution in [2.75, 3.05) is 19.5 Å². The van der Waals surface area contributed by atoms with Crippen LogP contribution in [0.5, 0.6) is 0 Å². The van der Waals surface area contributed by atoms with Crippen molar-refractivity contribution >= 4 is 23.7 Å². The van der Waals surface area contributed by atoms with Crippen LogP contribution in [0.2, 0.25) is 0 Å². The first-order valence-corrected chi connectivity index (χ1v) is 5.93. The van der Waals surface area contributed by atoms with E-state index in [2.05, 4.69) is 4.74 Å². The lowest BCUT2D eigenvalue weighted by atomic mass is 10.2. The number of carbonyl (C=O) groups is 2. The summed E-state index contributed by atoms with van der Waals surface area (Å²) in [6, 6.07) is 0. The van der Waals surface area contributed by atoms with E-state index in [1.165, 1.54) is 18.9 Å². The van der Waals surface area contributed by atoms with E-state index in [1.54, 1.807) is 20.8 Å². The van der Waals surface area contributed by atoms with Gasteiger partial charge in [-0.2, -0.15) is 0 Å². The third-order valence-corrected chi connectivity index (χ3v) is 3.20. The molecule has 0 aromatic heterocycles. The zero-order chi connectivity index (χ0) is 11.8. The van der Waals surface area contributed by atoms with E-state index in [4.69, 9.17) is 4.74 Å². The molecule has 2 unspecified atom stereocenters. The molecule has 2 atom stereocenters. The topological polar surface area (TPSA) is 52.6 Å². The van der Waals surface area contributed by atoms with Gasteiger partial charge in [0.1, 0.15) is 0 Å². The van der Waals surface area contributed by atoms with Crippen LogP contribution >= 0.6 is 11.8 Å². The van der Waals surface area contributed by atoms with Crippen LogP contribution in [0.1, 0.15) is 20.8 Å². The van der Waals surface area contributed by atoms with Gasteiger partial charge in [-0.1, -0.05) is 6.92 Å². The smallest absolute Gasteiger partial charge is 0.318 e. The molecule has 0 aromatic carbocycles. The van der Waals surface area contributed by atoms with Gasteiger partial charge in [0, 0.05) is 5.75 Å². The number of thioether (sulfide) groups is 1. The van der Waals surface area contributed by atoms with Crippen LogP contribution < -0.4 is 0 Å². The van der Waals surface area contributed by atoms with E-state index in [1.807, 2.05) is 0 Å². The van der Waals surface area contributed by atoms with Crippen molar-refractivity contribution < 1.29 is 19.1 Å². The maximum absolute atomic E-state index is 11.2. The first-order valence-electron chi connectivity index (χ1n) is 4.89. The first kappa shape index (κ1) is 14.3. The minimum absolute atomic E-state index is 0.197. The molecule has 0 aliphatic rings. The monoisotopic (exact) mass is 234 g/mol. The van der Waals surface area contributed by atoms with Gasteiger partial charge in [-0.25, -0.2) is 0 Å². The zero-order valence-corrected chi connectivity index (χ0v) is 10.4. The Balaban J connectivity index is 3.84. The predicted molar refractivity (Wildman–Crippen MR) is 59.7 cm³/mol. The lowest BCUT2D eigenvalue weighted by Gasteiger charge is -2.12. The molecule has 0 heterocycles. The number of hydrogen-bond donors (Lipinski definition) is 0. The van der Waals surface area contributed by atoms with Crippen molar-refractivity contribution in [1.82, 2.24) is 0 Å². The van der Waals surface area contributed by atoms with Crippen molar-refractivity contribution in [2.45, 2.75) is 26.0 Å². The van der Waals surface area contributed by atoms with Gasteiger partial charge in [0.15, 0.2) is 0 Å². The largest absolute Gasteiger partial charge is 0.469 e. The highest BCUT2D eigenvalue weighted by Crippen LogP contribution is 2.16. The van der Waals surface area contributed by atoms with Crippen molar-refractivity contribution in [1.29, 1.82) is 0 Å². The molecule has 0 spiro atoms. The van der Waals surface area contributed by atoms with Gasteiger partial charge in [0.2, 0.25) is 0 Å². The molecule has 0 saturated carbocycles. The summed E-state index contributed by atoms with van der Waals surface area (Å²) in [6.45, 7) is 5.70. The molecule has 4 nitrogen and oxygen atoms in total. The number of esters is 2. The summed E-state index contributed by atoms with van der Waals surface area (Å²) < 4.78 is 9.43. The van der Waals surface area contributed by atoms with E-state index >= 15 is 0 Å². The number of carbonyl (C=O) groups excluding carboxylic acids is 2. The van der Waals surface area contributed by atoms with E-state index < -0.39 is 0 Å². The van der Waals surface area contributed by atoms with Gasteiger partial charge in [-0.05, 0) is 13.8 Å². The Morgan fingerprint density at radius 3 is 2.33 bits per heavy atom. The lowest BCUT2D eigenvalue weighted by Crippen LogP contribution is -2.21.